The number of carbonyl (C=O) groups excluding carboxylic acids is 2. The van der Waals surface area contributed by atoms with Crippen LogP contribution in [-0.4, -0.2) is 37.9 Å². The third-order valence-corrected chi connectivity index (χ3v) is 6.29. The molecule has 0 amide bonds. The van der Waals surface area contributed by atoms with E-state index < -0.39 is 29.1 Å². The van der Waals surface area contributed by atoms with E-state index in [1.165, 1.54) is 24.3 Å². The summed E-state index contributed by atoms with van der Waals surface area (Å²) in [6.45, 7) is 7.78. The lowest BCUT2D eigenvalue weighted by Gasteiger charge is -2.11. The van der Waals surface area contributed by atoms with Gasteiger partial charge in [0.1, 0.15) is 6.54 Å². The first-order chi connectivity index (χ1) is 14.5. The Balaban J connectivity index is 1.91. The van der Waals surface area contributed by atoms with Crippen LogP contribution < -0.4 is 4.72 Å². The average molecular weight is 446 g/mol. The van der Waals surface area contributed by atoms with Crippen LogP contribution in [0.4, 0.5) is 0 Å². The smallest absolute Gasteiger partial charge is 0.321 e. The molecule has 9 heteroatoms. The van der Waals surface area contributed by atoms with Crippen LogP contribution in [0.1, 0.15) is 47.6 Å². The molecule has 2 aromatic rings. The Bertz CT molecular complexity index is 1090. The number of carbonyl (C=O) groups is 2. The number of nitrogens with zero attached hydrogens (tertiary/aromatic N) is 2. The van der Waals surface area contributed by atoms with Crippen molar-refractivity contribution >= 4 is 21.8 Å². The molecule has 0 fully saturated rings. The number of ketones is 1. The van der Waals surface area contributed by atoms with Gasteiger partial charge in [-0.2, -0.15) is 9.98 Å². The summed E-state index contributed by atoms with van der Waals surface area (Å²) >= 11 is 0. The fourth-order valence-corrected chi connectivity index (χ4v) is 4.00. The Morgan fingerprint density at radius 3 is 2.42 bits per heavy atom. The molecule has 1 heterocycles. The molecular weight excluding hydrogens is 418 g/mol. The summed E-state index contributed by atoms with van der Waals surface area (Å²) in [5, 5.41) is 8.77. The van der Waals surface area contributed by atoms with Crippen LogP contribution in [0.2, 0.25) is 0 Å². The number of hydrogen-bond acceptors (Lipinski definition) is 6. The van der Waals surface area contributed by atoms with Gasteiger partial charge in [-0.1, -0.05) is 13.8 Å². The van der Waals surface area contributed by atoms with Gasteiger partial charge in [0.15, 0.2) is 6.61 Å². The zero-order chi connectivity index (χ0) is 23.2. The molecule has 1 N–H and O–H groups in total. The molecule has 31 heavy (non-hydrogen) atoms. The highest BCUT2D eigenvalue weighted by molar-refractivity contribution is 7.89. The summed E-state index contributed by atoms with van der Waals surface area (Å²) in [5.74, 6) is -0.666. The molecule has 166 valence electrons. The van der Waals surface area contributed by atoms with Crippen molar-refractivity contribution in [3.8, 4) is 6.07 Å². The molecule has 0 saturated carbocycles. The van der Waals surface area contributed by atoms with E-state index >= 15 is 0 Å². The Hall–Kier alpha value is -2.96. The molecule has 8 nitrogen and oxygen atoms in total. The van der Waals surface area contributed by atoms with Crippen LogP contribution in [0.25, 0.3) is 0 Å². The summed E-state index contributed by atoms with van der Waals surface area (Å²) in [6, 6.07) is 8.94. The molecule has 0 unspecified atom stereocenters. The van der Waals surface area contributed by atoms with Gasteiger partial charge in [0.25, 0.3) is 0 Å². The number of aromatic nitrogens is 1. The van der Waals surface area contributed by atoms with E-state index in [2.05, 4.69) is 23.1 Å². The Kier molecular flexibility index (Phi) is 8.14. The van der Waals surface area contributed by atoms with E-state index in [1.54, 1.807) is 6.07 Å². The number of aryl methyl sites for hydroxylation is 1. The third kappa shape index (κ3) is 6.51. The Morgan fingerprint density at radius 2 is 1.84 bits per heavy atom. The summed E-state index contributed by atoms with van der Waals surface area (Å²) in [4.78, 5) is 24.4. The lowest BCUT2D eigenvalue weighted by molar-refractivity contribution is -0.141. The Labute approximate surface area is 182 Å². The molecule has 1 aromatic heterocycles. The molecule has 0 spiro atoms. The highest BCUT2D eigenvalue weighted by Gasteiger charge is 2.19. The summed E-state index contributed by atoms with van der Waals surface area (Å²) < 4.78 is 33.6. The lowest BCUT2D eigenvalue weighted by Crippen LogP contribution is -2.31. The maximum Gasteiger partial charge on any atom is 0.321 e. The fourth-order valence-electron chi connectivity index (χ4n) is 3.04. The second kappa shape index (κ2) is 10.4. The van der Waals surface area contributed by atoms with Crippen LogP contribution in [0.5, 0.6) is 0 Å². The number of Topliss-reactive ketones (excluding diaryl/α,β-unsaturated/α-hetero) is 1. The van der Waals surface area contributed by atoms with Gasteiger partial charge in [0.2, 0.25) is 15.8 Å². The standard InChI is InChI=1S/C22H27N3O5S/c1-15(2)9-10-25-16(3)11-20(17(25)4)21(26)14-30-22(27)13-24-31(28,29)19-7-5-18(12-23)6-8-19/h5-8,11,15,24H,9-10,13-14H2,1-4H3. The summed E-state index contributed by atoms with van der Waals surface area (Å²) in [6.07, 6.45) is 0.984. The topological polar surface area (TPSA) is 118 Å². The van der Waals surface area contributed by atoms with E-state index in [0.29, 0.717) is 17.0 Å². The van der Waals surface area contributed by atoms with Crippen molar-refractivity contribution in [3.05, 3.63) is 52.8 Å². The van der Waals surface area contributed by atoms with E-state index in [0.717, 1.165) is 24.4 Å². The molecule has 0 aliphatic carbocycles. The van der Waals surface area contributed by atoms with Crippen LogP contribution in [0.15, 0.2) is 35.2 Å². The normalized spacial score (nSPS) is 11.4. The second-order valence-electron chi connectivity index (χ2n) is 7.66. The zero-order valence-electron chi connectivity index (χ0n) is 18.1. The van der Waals surface area contributed by atoms with Gasteiger partial charge in [0.05, 0.1) is 16.5 Å². The molecule has 0 aliphatic rings. The summed E-state index contributed by atoms with van der Waals surface area (Å²) in [7, 11) is -3.94. The number of esters is 1. The molecule has 0 aliphatic heterocycles. The minimum absolute atomic E-state index is 0.0794. The van der Waals surface area contributed by atoms with Crippen LogP contribution in [0.3, 0.4) is 0 Å². The van der Waals surface area contributed by atoms with Gasteiger partial charge in [0, 0.05) is 23.5 Å². The minimum Gasteiger partial charge on any atom is -0.456 e. The van der Waals surface area contributed by atoms with Crippen LogP contribution in [-0.2, 0) is 26.1 Å². The van der Waals surface area contributed by atoms with Gasteiger partial charge in [-0.05, 0) is 56.5 Å². The highest BCUT2D eigenvalue weighted by atomic mass is 32.2. The monoisotopic (exact) mass is 445 g/mol. The molecule has 0 atom stereocenters. The highest BCUT2D eigenvalue weighted by Crippen LogP contribution is 2.18. The molecule has 0 bridgehead atoms. The van der Waals surface area contributed by atoms with E-state index in [4.69, 9.17) is 10.00 Å². The van der Waals surface area contributed by atoms with Gasteiger partial charge in [-0.15, -0.1) is 0 Å². The minimum atomic E-state index is -3.94. The number of nitriles is 1. The van der Waals surface area contributed by atoms with Crippen molar-refractivity contribution in [1.82, 2.24) is 9.29 Å². The van der Waals surface area contributed by atoms with Crippen LogP contribution >= 0.6 is 0 Å². The number of nitrogens with one attached hydrogen (secondary N) is 1. The average Bonchev–Trinajstić information content (AvgIpc) is 3.02. The van der Waals surface area contributed by atoms with Crippen molar-refractivity contribution in [1.29, 1.82) is 5.26 Å². The number of benzene rings is 1. The van der Waals surface area contributed by atoms with E-state index in [9.17, 15) is 18.0 Å². The first-order valence-corrected chi connectivity index (χ1v) is 11.4. The van der Waals surface area contributed by atoms with Crippen molar-refractivity contribution in [2.24, 2.45) is 5.92 Å². The fraction of sp³-hybridized carbons (Fsp3) is 0.409. The van der Waals surface area contributed by atoms with Gasteiger partial charge < -0.3 is 9.30 Å². The van der Waals surface area contributed by atoms with Crippen molar-refractivity contribution in [2.75, 3.05) is 13.2 Å². The Morgan fingerprint density at radius 1 is 1.19 bits per heavy atom. The van der Waals surface area contributed by atoms with Crippen molar-refractivity contribution in [3.63, 3.8) is 0 Å². The van der Waals surface area contributed by atoms with Gasteiger partial charge >= 0.3 is 5.97 Å². The van der Waals surface area contributed by atoms with E-state index in [-0.39, 0.29) is 10.7 Å². The number of hydrogen-bond donors (Lipinski definition) is 1. The molecule has 0 saturated heterocycles. The zero-order valence-corrected chi connectivity index (χ0v) is 19.0. The first kappa shape index (κ1) is 24.3. The third-order valence-electron chi connectivity index (χ3n) is 4.87. The number of sulfonamides is 1. The first-order valence-electron chi connectivity index (χ1n) is 9.90. The predicted molar refractivity (Wildman–Crippen MR) is 115 cm³/mol. The molecule has 1 aromatic carbocycles. The van der Waals surface area contributed by atoms with Gasteiger partial charge in [-0.25, -0.2) is 8.42 Å². The molecular formula is C22H27N3O5S. The summed E-state index contributed by atoms with van der Waals surface area (Å²) in [5.41, 5.74) is 2.59. The maximum absolute atomic E-state index is 12.5. The van der Waals surface area contributed by atoms with E-state index in [1.807, 2.05) is 19.9 Å². The van der Waals surface area contributed by atoms with Crippen molar-refractivity contribution in [2.45, 2.75) is 45.6 Å². The van der Waals surface area contributed by atoms with Gasteiger partial charge in [-0.3, -0.25) is 9.59 Å². The van der Waals surface area contributed by atoms with Crippen molar-refractivity contribution < 1.29 is 22.7 Å². The number of ether oxygens (including phenoxy) is 1. The SMILES string of the molecule is Cc1cc(C(=O)COC(=O)CNS(=O)(=O)c2ccc(C#N)cc2)c(C)n1CCC(C)C. The number of rotatable bonds is 10. The predicted octanol–water partition coefficient (Wildman–Crippen LogP) is 2.73. The molecule has 2 rings (SSSR count). The lowest BCUT2D eigenvalue weighted by atomic mass is 10.1. The largest absolute Gasteiger partial charge is 0.456 e. The molecule has 0 radical (unpaired) electrons. The van der Waals surface area contributed by atoms with Crippen LogP contribution in [0, 0.1) is 31.1 Å². The maximum atomic E-state index is 12.5. The second-order valence-corrected chi connectivity index (χ2v) is 9.43. The quantitative estimate of drug-likeness (QED) is 0.444.